The molecular weight excluding hydrogens is 400 g/mol. The van der Waals surface area contributed by atoms with E-state index in [-0.39, 0.29) is 19.7 Å². The van der Waals surface area contributed by atoms with Crippen molar-refractivity contribution >= 4 is 27.5 Å². The highest BCUT2D eigenvalue weighted by Crippen LogP contribution is 2.28. The van der Waals surface area contributed by atoms with Gasteiger partial charge in [0, 0.05) is 47.5 Å². The lowest BCUT2D eigenvalue weighted by atomic mass is 10.2. The maximum Gasteiger partial charge on any atom is 0.348 e. The standard InChI is InChI=1S/C19H28N2O7S/c1-13-14-16(22)20(7-5-9-25-2)19(24)21(8-12-27-4)17(14)29-15(13)18(23)28-11-6-10-26-3/h5-12H2,1-4H3. The van der Waals surface area contributed by atoms with Gasteiger partial charge >= 0.3 is 11.7 Å². The summed E-state index contributed by atoms with van der Waals surface area (Å²) in [5, 5.41) is 0.368. The van der Waals surface area contributed by atoms with Crippen LogP contribution in [0, 0.1) is 6.92 Å². The Labute approximate surface area is 172 Å². The van der Waals surface area contributed by atoms with Crippen molar-refractivity contribution in [3.8, 4) is 0 Å². The molecule has 0 amide bonds. The monoisotopic (exact) mass is 428 g/mol. The second kappa shape index (κ2) is 11.2. The minimum atomic E-state index is -0.504. The van der Waals surface area contributed by atoms with Gasteiger partial charge in [0.15, 0.2) is 0 Å². The molecule has 2 heterocycles. The molecule has 0 aliphatic rings. The number of hydrogen-bond acceptors (Lipinski definition) is 8. The Morgan fingerprint density at radius 2 is 1.55 bits per heavy atom. The molecule has 0 aliphatic heterocycles. The molecule has 0 aliphatic carbocycles. The van der Waals surface area contributed by atoms with Crippen molar-refractivity contribution in [3.05, 3.63) is 31.3 Å². The molecule has 10 heteroatoms. The summed E-state index contributed by atoms with van der Waals surface area (Å²) in [4.78, 5) is 39.3. The fourth-order valence-corrected chi connectivity index (χ4v) is 4.18. The van der Waals surface area contributed by atoms with Crippen molar-refractivity contribution in [3.63, 3.8) is 0 Å². The normalized spacial score (nSPS) is 11.3. The van der Waals surface area contributed by atoms with Gasteiger partial charge < -0.3 is 18.9 Å². The average Bonchev–Trinajstić information content (AvgIpc) is 3.05. The summed E-state index contributed by atoms with van der Waals surface area (Å²) in [5.74, 6) is -0.504. The highest BCUT2D eigenvalue weighted by Gasteiger charge is 2.23. The Kier molecular flexibility index (Phi) is 9.02. The number of aromatic nitrogens is 2. The van der Waals surface area contributed by atoms with Gasteiger partial charge in [-0.25, -0.2) is 9.59 Å². The number of thiophene rings is 1. The molecule has 2 aromatic rings. The first-order chi connectivity index (χ1) is 14.0. The van der Waals surface area contributed by atoms with Crippen LogP contribution in [-0.2, 0) is 32.0 Å². The van der Waals surface area contributed by atoms with Crippen molar-refractivity contribution in [2.75, 3.05) is 47.8 Å². The van der Waals surface area contributed by atoms with Crippen LogP contribution in [0.2, 0.25) is 0 Å². The molecule has 2 rings (SSSR count). The number of esters is 1. The van der Waals surface area contributed by atoms with Crippen LogP contribution in [0.4, 0.5) is 0 Å². The molecule has 0 saturated heterocycles. The fourth-order valence-electron chi connectivity index (χ4n) is 2.97. The van der Waals surface area contributed by atoms with Crippen molar-refractivity contribution < 1.29 is 23.7 Å². The van der Waals surface area contributed by atoms with Crippen LogP contribution in [0.5, 0.6) is 0 Å². The van der Waals surface area contributed by atoms with Crippen molar-refractivity contribution in [2.45, 2.75) is 32.9 Å². The largest absolute Gasteiger partial charge is 0.461 e. The van der Waals surface area contributed by atoms with Crippen LogP contribution in [-0.4, -0.2) is 62.9 Å². The van der Waals surface area contributed by atoms with E-state index in [4.69, 9.17) is 18.9 Å². The second-order valence-electron chi connectivity index (χ2n) is 6.45. The molecule has 0 fully saturated rings. The highest BCUT2D eigenvalue weighted by atomic mass is 32.1. The maximum absolute atomic E-state index is 13.0. The summed E-state index contributed by atoms with van der Waals surface area (Å²) in [6.07, 6.45) is 1.11. The summed E-state index contributed by atoms with van der Waals surface area (Å²) in [5.41, 5.74) is -0.294. The topological polar surface area (TPSA) is 98.0 Å². The third-order valence-electron chi connectivity index (χ3n) is 4.45. The molecule has 0 aromatic carbocycles. The smallest absolute Gasteiger partial charge is 0.348 e. The minimum Gasteiger partial charge on any atom is -0.461 e. The zero-order chi connectivity index (χ0) is 21.4. The van der Waals surface area contributed by atoms with Crippen LogP contribution < -0.4 is 11.2 Å². The van der Waals surface area contributed by atoms with Gasteiger partial charge in [0.25, 0.3) is 5.56 Å². The van der Waals surface area contributed by atoms with Crippen molar-refractivity contribution in [1.82, 2.24) is 9.13 Å². The molecule has 0 N–H and O–H groups in total. The molecule has 29 heavy (non-hydrogen) atoms. The molecule has 0 unspecified atom stereocenters. The summed E-state index contributed by atoms with van der Waals surface area (Å²) in [6.45, 7) is 3.66. The average molecular weight is 429 g/mol. The van der Waals surface area contributed by atoms with Crippen LogP contribution in [0.15, 0.2) is 9.59 Å². The van der Waals surface area contributed by atoms with Crippen LogP contribution in [0.1, 0.15) is 28.1 Å². The molecular formula is C19H28N2O7S. The number of hydrogen-bond donors (Lipinski definition) is 0. The van der Waals surface area contributed by atoms with E-state index in [1.807, 2.05) is 0 Å². The highest BCUT2D eigenvalue weighted by molar-refractivity contribution is 7.20. The zero-order valence-corrected chi connectivity index (χ0v) is 18.1. The maximum atomic E-state index is 13.0. The SMILES string of the molecule is COCCCOC(=O)c1sc2c(c1C)c(=O)n(CCCOC)c(=O)n2CCOC. The number of carbonyl (C=O) groups excluding carboxylic acids is 1. The molecule has 2 aromatic heterocycles. The molecule has 0 spiro atoms. The summed E-state index contributed by atoms with van der Waals surface area (Å²) >= 11 is 1.10. The summed E-state index contributed by atoms with van der Waals surface area (Å²) < 4.78 is 23.1. The van der Waals surface area contributed by atoms with Crippen molar-refractivity contribution in [2.24, 2.45) is 0 Å². The van der Waals surface area contributed by atoms with E-state index in [1.54, 1.807) is 28.3 Å². The van der Waals surface area contributed by atoms with E-state index in [0.29, 0.717) is 53.3 Å². The number of nitrogens with zero attached hydrogens (tertiary/aromatic N) is 2. The van der Waals surface area contributed by atoms with E-state index in [9.17, 15) is 14.4 Å². The van der Waals surface area contributed by atoms with E-state index < -0.39 is 17.2 Å². The lowest BCUT2D eigenvalue weighted by Crippen LogP contribution is -2.40. The summed E-state index contributed by atoms with van der Waals surface area (Å²) in [6, 6.07) is 0. The van der Waals surface area contributed by atoms with Gasteiger partial charge in [0.05, 0.1) is 25.1 Å². The Balaban J connectivity index is 2.52. The van der Waals surface area contributed by atoms with Gasteiger partial charge in [0.1, 0.15) is 9.71 Å². The van der Waals surface area contributed by atoms with Crippen LogP contribution in [0.25, 0.3) is 10.2 Å². The third kappa shape index (κ3) is 5.33. The number of rotatable bonds is 12. The Morgan fingerprint density at radius 1 is 0.897 bits per heavy atom. The van der Waals surface area contributed by atoms with Gasteiger partial charge in [-0.1, -0.05) is 0 Å². The Bertz CT molecular complexity index is 945. The summed E-state index contributed by atoms with van der Waals surface area (Å²) in [7, 11) is 4.69. The predicted octanol–water partition coefficient (Wildman–Crippen LogP) is 1.41. The third-order valence-corrected chi connectivity index (χ3v) is 5.75. The lowest BCUT2D eigenvalue weighted by molar-refractivity contribution is 0.0473. The van der Waals surface area contributed by atoms with Crippen molar-refractivity contribution in [1.29, 1.82) is 0 Å². The fraction of sp³-hybridized carbons (Fsp3) is 0.632. The van der Waals surface area contributed by atoms with Gasteiger partial charge in [-0.3, -0.25) is 13.9 Å². The van der Waals surface area contributed by atoms with E-state index in [0.717, 1.165) is 11.3 Å². The number of methoxy groups -OCH3 is 3. The lowest BCUT2D eigenvalue weighted by Gasteiger charge is -2.11. The molecule has 0 bridgehead atoms. The second-order valence-corrected chi connectivity index (χ2v) is 7.45. The van der Waals surface area contributed by atoms with E-state index in [1.165, 1.54) is 9.13 Å². The Hall–Kier alpha value is -2.01. The predicted molar refractivity (Wildman–Crippen MR) is 110 cm³/mol. The number of carbonyl (C=O) groups is 1. The van der Waals surface area contributed by atoms with Gasteiger partial charge in [-0.05, 0) is 18.9 Å². The first-order valence-corrected chi connectivity index (χ1v) is 10.2. The quantitative estimate of drug-likeness (QED) is 0.372. The number of fused-ring (bicyclic) bond motifs is 1. The molecule has 0 radical (unpaired) electrons. The molecule has 162 valence electrons. The first-order valence-electron chi connectivity index (χ1n) is 9.38. The van der Waals surface area contributed by atoms with E-state index >= 15 is 0 Å². The zero-order valence-electron chi connectivity index (χ0n) is 17.3. The Morgan fingerprint density at radius 3 is 2.21 bits per heavy atom. The van der Waals surface area contributed by atoms with E-state index in [2.05, 4.69) is 0 Å². The first kappa shape index (κ1) is 23.3. The van der Waals surface area contributed by atoms with Crippen LogP contribution >= 0.6 is 11.3 Å². The van der Waals surface area contributed by atoms with Gasteiger partial charge in [-0.15, -0.1) is 11.3 Å². The molecule has 0 atom stereocenters. The van der Waals surface area contributed by atoms with Gasteiger partial charge in [0.2, 0.25) is 0 Å². The minimum absolute atomic E-state index is 0.220. The number of ether oxygens (including phenoxy) is 4. The van der Waals surface area contributed by atoms with Crippen LogP contribution in [0.3, 0.4) is 0 Å². The molecule has 9 nitrogen and oxygen atoms in total. The van der Waals surface area contributed by atoms with Gasteiger partial charge in [-0.2, -0.15) is 0 Å². The number of aryl methyl sites for hydroxylation is 1. The molecule has 0 saturated carbocycles.